The molecule has 6 nitrogen and oxygen atoms in total. The Morgan fingerprint density at radius 1 is 1.75 bits per heavy atom. The van der Waals surface area contributed by atoms with Gasteiger partial charge in [-0.2, -0.15) is 0 Å². The highest BCUT2D eigenvalue weighted by Crippen LogP contribution is 2.09. The third-order valence-corrected chi connectivity index (χ3v) is 2.46. The van der Waals surface area contributed by atoms with E-state index in [0.717, 1.165) is 5.69 Å². The first-order chi connectivity index (χ1) is 7.65. The lowest BCUT2D eigenvalue weighted by Gasteiger charge is -2.06. The number of aromatic nitrogens is 1. The van der Waals surface area contributed by atoms with Gasteiger partial charge < -0.3 is 15.2 Å². The molecule has 0 radical (unpaired) electrons. The topological polar surface area (TPSA) is 84.2 Å². The maximum absolute atomic E-state index is 11.6. The Balaban J connectivity index is 1.82. The molecule has 1 aliphatic rings. The highest BCUT2D eigenvalue weighted by atomic mass is 16.5. The lowest BCUT2D eigenvalue weighted by molar-refractivity contribution is -0.126. The minimum absolute atomic E-state index is 0.0735. The molecule has 0 aliphatic carbocycles. The monoisotopic (exact) mass is 223 g/mol. The third kappa shape index (κ3) is 2.39. The molecule has 0 bridgehead atoms. The van der Waals surface area contributed by atoms with Crippen LogP contribution in [0, 0.1) is 12.8 Å². The highest BCUT2D eigenvalue weighted by molar-refractivity contribution is 5.89. The largest absolute Gasteiger partial charge is 0.359 e. The Morgan fingerprint density at radius 3 is 3.12 bits per heavy atom. The number of hydrogen-bond donors (Lipinski definition) is 2. The van der Waals surface area contributed by atoms with Crippen molar-refractivity contribution in [3.05, 3.63) is 17.5 Å². The summed E-state index contributed by atoms with van der Waals surface area (Å²) in [6.07, 6.45) is 0.265. The van der Waals surface area contributed by atoms with Crippen LogP contribution in [0.1, 0.15) is 17.9 Å². The van der Waals surface area contributed by atoms with Gasteiger partial charge in [-0.3, -0.25) is 9.59 Å². The second-order valence-electron chi connectivity index (χ2n) is 3.86. The fourth-order valence-electron chi connectivity index (χ4n) is 1.61. The summed E-state index contributed by atoms with van der Waals surface area (Å²) in [4.78, 5) is 22.5. The number of carbonyl (C=O) groups excluding carboxylic acids is 2. The van der Waals surface area contributed by atoms with E-state index in [0.29, 0.717) is 18.8 Å². The molecule has 16 heavy (non-hydrogen) atoms. The van der Waals surface area contributed by atoms with Gasteiger partial charge in [-0.05, 0) is 6.92 Å². The van der Waals surface area contributed by atoms with Gasteiger partial charge in [-0.15, -0.1) is 0 Å². The lowest BCUT2D eigenvalue weighted by atomic mass is 10.1. The highest BCUT2D eigenvalue weighted by Gasteiger charge is 2.27. The molecule has 0 saturated carbocycles. The molecule has 2 rings (SSSR count). The van der Waals surface area contributed by atoms with Gasteiger partial charge in [0.2, 0.25) is 11.8 Å². The molecule has 1 saturated heterocycles. The number of hydrogen-bond acceptors (Lipinski definition) is 4. The van der Waals surface area contributed by atoms with Crippen molar-refractivity contribution in [3.8, 4) is 0 Å². The molecule has 1 aliphatic heterocycles. The van der Waals surface area contributed by atoms with E-state index in [2.05, 4.69) is 15.8 Å². The molecule has 1 aromatic rings. The number of carbonyl (C=O) groups is 2. The van der Waals surface area contributed by atoms with Crippen LogP contribution in [0.4, 0.5) is 0 Å². The summed E-state index contributed by atoms with van der Waals surface area (Å²) in [5.41, 5.74) is 0.780. The van der Waals surface area contributed by atoms with Crippen molar-refractivity contribution >= 4 is 11.8 Å². The predicted molar refractivity (Wildman–Crippen MR) is 54.2 cm³/mol. The van der Waals surface area contributed by atoms with E-state index in [9.17, 15) is 9.59 Å². The van der Waals surface area contributed by atoms with Crippen LogP contribution in [-0.2, 0) is 16.1 Å². The van der Waals surface area contributed by atoms with Crippen molar-refractivity contribution in [1.82, 2.24) is 15.8 Å². The minimum Gasteiger partial charge on any atom is -0.359 e. The first kappa shape index (κ1) is 10.7. The predicted octanol–water partition coefficient (Wildman–Crippen LogP) is -0.265. The van der Waals surface area contributed by atoms with Crippen LogP contribution in [0.5, 0.6) is 0 Å². The molecular formula is C10H13N3O3. The second kappa shape index (κ2) is 4.34. The van der Waals surface area contributed by atoms with Crippen LogP contribution in [-0.4, -0.2) is 23.5 Å². The van der Waals surface area contributed by atoms with Crippen molar-refractivity contribution in [2.45, 2.75) is 19.9 Å². The first-order valence-electron chi connectivity index (χ1n) is 5.12. The van der Waals surface area contributed by atoms with Crippen LogP contribution in [0.3, 0.4) is 0 Å². The molecule has 86 valence electrons. The zero-order valence-corrected chi connectivity index (χ0v) is 8.95. The number of aryl methyl sites for hydroxylation is 1. The fourth-order valence-corrected chi connectivity index (χ4v) is 1.61. The van der Waals surface area contributed by atoms with Gasteiger partial charge in [-0.25, -0.2) is 0 Å². The van der Waals surface area contributed by atoms with Crippen molar-refractivity contribution in [1.29, 1.82) is 0 Å². The van der Waals surface area contributed by atoms with E-state index in [-0.39, 0.29) is 24.2 Å². The minimum atomic E-state index is -0.267. The summed E-state index contributed by atoms with van der Waals surface area (Å²) in [5.74, 6) is 0.141. The molecule has 0 spiro atoms. The van der Waals surface area contributed by atoms with Gasteiger partial charge in [0.25, 0.3) is 0 Å². The van der Waals surface area contributed by atoms with Gasteiger partial charge >= 0.3 is 0 Å². The Kier molecular flexibility index (Phi) is 2.89. The molecule has 2 amide bonds. The molecule has 1 unspecified atom stereocenters. The molecule has 2 heterocycles. The Hall–Kier alpha value is -1.85. The SMILES string of the molecule is Cc1cc(CNC(=O)C2CNC(=O)C2)on1. The summed E-state index contributed by atoms with van der Waals surface area (Å²) >= 11 is 0. The zero-order chi connectivity index (χ0) is 11.5. The smallest absolute Gasteiger partial charge is 0.225 e. The number of nitrogens with one attached hydrogen (secondary N) is 2. The van der Waals surface area contributed by atoms with Gasteiger partial charge in [0, 0.05) is 19.0 Å². The second-order valence-corrected chi connectivity index (χ2v) is 3.86. The molecule has 6 heteroatoms. The summed E-state index contributed by atoms with van der Waals surface area (Å²) < 4.78 is 4.95. The maximum Gasteiger partial charge on any atom is 0.225 e. The normalized spacial score (nSPS) is 19.6. The van der Waals surface area contributed by atoms with Crippen LogP contribution in [0.25, 0.3) is 0 Å². The van der Waals surface area contributed by atoms with Crippen molar-refractivity contribution in [2.75, 3.05) is 6.54 Å². The summed E-state index contributed by atoms with van der Waals surface area (Å²) in [7, 11) is 0. The van der Waals surface area contributed by atoms with Crippen LogP contribution < -0.4 is 10.6 Å². The van der Waals surface area contributed by atoms with E-state index in [1.807, 2.05) is 6.92 Å². The average molecular weight is 223 g/mol. The van der Waals surface area contributed by atoms with E-state index >= 15 is 0 Å². The summed E-state index contributed by atoms with van der Waals surface area (Å²) in [6, 6.07) is 1.76. The number of rotatable bonds is 3. The van der Waals surface area contributed by atoms with Gasteiger partial charge in [0.1, 0.15) is 0 Å². The van der Waals surface area contributed by atoms with Gasteiger partial charge in [0.15, 0.2) is 5.76 Å². The Bertz CT molecular complexity index is 413. The van der Waals surface area contributed by atoms with E-state index in [1.165, 1.54) is 0 Å². The van der Waals surface area contributed by atoms with Crippen molar-refractivity contribution in [2.24, 2.45) is 5.92 Å². The molecular weight excluding hydrogens is 210 g/mol. The standard InChI is InChI=1S/C10H13N3O3/c1-6-2-8(16-13-6)5-12-10(15)7-3-9(14)11-4-7/h2,7H,3-5H2,1H3,(H,11,14)(H,12,15). The van der Waals surface area contributed by atoms with Crippen LogP contribution >= 0.6 is 0 Å². The van der Waals surface area contributed by atoms with Crippen LogP contribution in [0.2, 0.25) is 0 Å². The molecule has 0 aromatic carbocycles. The summed E-state index contributed by atoms with van der Waals surface area (Å²) in [6.45, 7) is 2.54. The quantitative estimate of drug-likeness (QED) is 0.739. The number of nitrogens with zero attached hydrogens (tertiary/aromatic N) is 1. The van der Waals surface area contributed by atoms with E-state index in [4.69, 9.17) is 4.52 Å². The van der Waals surface area contributed by atoms with Gasteiger partial charge in [-0.1, -0.05) is 5.16 Å². The van der Waals surface area contributed by atoms with Crippen molar-refractivity contribution in [3.63, 3.8) is 0 Å². The molecule has 2 N–H and O–H groups in total. The zero-order valence-electron chi connectivity index (χ0n) is 8.95. The molecule has 1 fully saturated rings. The fraction of sp³-hybridized carbons (Fsp3) is 0.500. The average Bonchev–Trinajstić information content (AvgIpc) is 2.84. The maximum atomic E-state index is 11.6. The van der Waals surface area contributed by atoms with E-state index < -0.39 is 0 Å². The Labute approximate surface area is 92.4 Å². The van der Waals surface area contributed by atoms with Crippen LogP contribution in [0.15, 0.2) is 10.6 Å². The Morgan fingerprint density at radius 2 is 2.56 bits per heavy atom. The van der Waals surface area contributed by atoms with Crippen molar-refractivity contribution < 1.29 is 14.1 Å². The third-order valence-electron chi connectivity index (χ3n) is 2.46. The number of amides is 2. The lowest BCUT2D eigenvalue weighted by Crippen LogP contribution is -2.31. The van der Waals surface area contributed by atoms with Gasteiger partial charge in [0.05, 0.1) is 18.2 Å². The first-order valence-corrected chi connectivity index (χ1v) is 5.12. The summed E-state index contributed by atoms with van der Waals surface area (Å²) in [5, 5.41) is 9.04. The molecule has 1 aromatic heterocycles. The molecule has 1 atom stereocenters. The van der Waals surface area contributed by atoms with E-state index in [1.54, 1.807) is 6.07 Å².